The molecule has 2 amide bonds. The molecule has 0 aliphatic carbocycles. The Balaban J connectivity index is 1.35. The van der Waals surface area contributed by atoms with Gasteiger partial charge < -0.3 is 14.5 Å². The summed E-state index contributed by atoms with van der Waals surface area (Å²) in [5.41, 5.74) is 1.43. The van der Waals surface area contributed by atoms with E-state index in [2.05, 4.69) is 31.4 Å². The van der Waals surface area contributed by atoms with Gasteiger partial charge in [-0.3, -0.25) is 14.5 Å². The minimum atomic E-state index is -3.86. The molecule has 16 heteroatoms. The van der Waals surface area contributed by atoms with Crippen molar-refractivity contribution in [2.45, 2.75) is 11.4 Å². The molecule has 0 radical (unpaired) electrons. The van der Waals surface area contributed by atoms with Crippen molar-refractivity contribution in [3.05, 3.63) is 115 Å². The highest BCUT2D eigenvalue weighted by molar-refractivity contribution is 9.10. The molecule has 0 atom stereocenters. The van der Waals surface area contributed by atoms with E-state index >= 15 is 0 Å². The zero-order valence-electron chi connectivity index (χ0n) is 23.4. The van der Waals surface area contributed by atoms with E-state index < -0.39 is 15.9 Å². The van der Waals surface area contributed by atoms with Gasteiger partial charge in [0, 0.05) is 21.3 Å². The largest absolute Gasteiger partial charge is 0.483 e. The molecule has 1 aromatic heterocycles. The van der Waals surface area contributed by atoms with Crippen LogP contribution in [0.15, 0.2) is 108 Å². The lowest BCUT2D eigenvalue weighted by Crippen LogP contribution is -2.28. The predicted octanol–water partition coefficient (Wildman–Crippen LogP) is 6.52. The van der Waals surface area contributed by atoms with Crippen molar-refractivity contribution in [1.29, 1.82) is 0 Å². The highest BCUT2D eigenvalue weighted by atomic mass is 79.9. The highest BCUT2D eigenvalue weighted by Gasteiger charge is 2.34. The van der Waals surface area contributed by atoms with E-state index in [1.807, 2.05) is 0 Å². The molecule has 3 N–H and O–H groups in total. The second-order valence-corrected chi connectivity index (χ2v) is 13.7. The number of hydrogen-bond acceptors (Lipinski definition) is 9. The van der Waals surface area contributed by atoms with Crippen LogP contribution in [0.5, 0.6) is 5.75 Å². The van der Waals surface area contributed by atoms with Gasteiger partial charge in [-0.25, -0.2) is 13.6 Å². The summed E-state index contributed by atoms with van der Waals surface area (Å²) in [5.74, 6) is 0.0395. The molecule has 46 heavy (non-hydrogen) atoms. The average Bonchev–Trinajstić information content (AvgIpc) is 3.63. The molecule has 5 rings (SSSR count). The van der Waals surface area contributed by atoms with E-state index in [0.717, 1.165) is 11.8 Å². The van der Waals surface area contributed by atoms with Gasteiger partial charge >= 0.3 is 0 Å². The van der Waals surface area contributed by atoms with Crippen LogP contribution in [0.25, 0.3) is 6.08 Å². The lowest BCUT2D eigenvalue weighted by atomic mass is 10.2. The van der Waals surface area contributed by atoms with Crippen LogP contribution < -0.4 is 15.2 Å². The molecule has 1 fully saturated rings. The monoisotopic (exact) mass is 761 g/mol. The van der Waals surface area contributed by atoms with Crippen molar-refractivity contribution >= 4 is 95.9 Å². The van der Waals surface area contributed by atoms with Gasteiger partial charge in [0.15, 0.2) is 11.8 Å². The van der Waals surface area contributed by atoms with Crippen LogP contribution in [0, 0.1) is 0 Å². The maximum absolute atomic E-state index is 13.6. The number of sulfonamides is 1. The Hall–Kier alpha value is -3.92. The minimum absolute atomic E-state index is 0.0816. The Kier molecular flexibility index (Phi) is 10.7. The number of amides is 2. The summed E-state index contributed by atoms with van der Waals surface area (Å²) < 4.78 is 34.9. The van der Waals surface area contributed by atoms with Crippen LogP contribution in [0.4, 0.5) is 5.69 Å². The molecule has 1 saturated heterocycles. The van der Waals surface area contributed by atoms with Crippen molar-refractivity contribution < 1.29 is 27.2 Å². The number of hydrogen-bond donors (Lipinski definition) is 2. The van der Waals surface area contributed by atoms with Crippen LogP contribution in [0.2, 0.25) is 10.0 Å². The summed E-state index contributed by atoms with van der Waals surface area (Å²) in [5, 5.41) is 17.2. The molecule has 2 heterocycles. The van der Waals surface area contributed by atoms with Crippen LogP contribution in [0.3, 0.4) is 0 Å². The number of benzene rings is 3. The van der Waals surface area contributed by atoms with E-state index in [-0.39, 0.29) is 24.0 Å². The van der Waals surface area contributed by atoms with Gasteiger partial charge in [0.05, 0.1) is 38.9 Å². The number of thioether (sulfide) groups is 1. The van der Waals surface area contributed by atoms with Crippen molar-refractivity contribution in [2.24, 2.45) is 15.3 Å². The number of anilines is 1. The third-order valence-electron chi connectivity index (χ3n) is 6.19. The standard InChI is InChI=1S/C30H22BrCl2N5O6S2/c31-20-6-11-25(44-17-27(39)36-21-7-9-23(10-8-21)46(34,41)42)19(13-20)14-26-29(40)38(16-22-4-2-12-43-22)30(45-26)37-35-15-18-3-1-5-24(32)28(18)33/h1-15H,16-17H2,(H,36,39)(H2,34,41,42)/b26-14-,35-15+,37-30-. The smallest absolute Gasteiger partial charge is 0.267 e. The zero-order chi connectivity index (χ0) is 32.8. The van der Waals surface area contributed by atoms with Gasteiger partial charge in [-0.1, -0.05) is 51.3 Å². The first-order chi connectivity index (χ1) is 22.0. The molecule has 1 aliphatic heterocycles. The summed E-state index contributed by atoms with van der Waals surface area (Å²) >= 11 is 16.9. The van der Waals surface area contributed by atoms with Crippen LogP contribution >= 0.6 is 50.9 Å². The number of carbonyl (C=O) groups is 2. The number of amidine groups is 1. The third-order valence-corrected chi connectivity index (χ3v) is 9.44. The summed E-state index contributed by atoms with van der Waals surface area (Å²) in [6, 6.07) is 19.1. The van der Waals surface area contributed by atoms with E-state index in [9.17, 15) is 18.0 Å². The third kappa shape index (κ3) is 8.46. The zero-order valence-corrected chi connectivity index (χ0v) is 28.1. The normalized spacial score (nSPS) is 15.3. The maximum Gasteiger partial charge on any atom is 0.267 e. The molecule has 0 saturated carbocycles. The number of ether oxygens (including phenoxy) is 1. The average molecular weight is 763 g/mol. The van der Waals surface area contributed by atoms with E-state index in [1.165, 1.54) is 41.6 Å². The fraction of sp³-hybridized carbons (Fsp3) is 0.0667. The number of halogens is 3. The second-order valence-electron chi connectivity index (χ2n) is 9.44. The van der Waals surface area contributed by atoms with Crippen LogP contribution in [-0.4, -0.2) is 43.1 Å². The molecule has 0 bridgehead atoms. The molecule has 1 aliphatic rings. The number of furan rings is 1. The molecular formula is C30H22BrCl2N5O6S2. The Morgan fingerprint density at radius 1 is 1.09 bits per heavy atom. The molecule has 3 aromatic carbocycles. The Labute approximate surface area is 286 Å². The van der Waals surface area contributed by atoms with Crippen molar-refractivity contribution in [3.8, 4) is 5.75 Å². The number of primary sulfonamides is 1. The molecule has 0 spiro atoms. The first-order valence-electron chi connectivity index (χ1n) is 13.1. The lowest BCUT2D eigenvalue weighted by Gasteiger charge is -2.13. The van der Waals surface area contributed by atoms with Crippen LogP contribution in [0.1, 0.15) is 16.9 Å². The fourth-order valence-corrected chi connectivity index (χ4v) is 6.19. The van der Waals surface area contributed by atoms with E-state index in [4.69, 9.17) is 37.5 Å². The van der Waals surface area contributed by atoms with Crippen molar-refractivity contribution in [3.63, 3.8) is 0 Å². The Morgan fingerprint density at radius 2 is 1.87 bits per heavy atom. The van der Waals surface area contributed by atoms with Gasteiger partial charge in [0.25, 0.3) is 11.8 Å². The Bertz CT molecular complexity index is 1990. The van der Waals surface area contributed by atoms with E-state index in [1.54, 1.807) is 54.6 Å². The molecule has 11 nitrogen and oxygen atoms in total. The Morgan fingerprint density at radius 3 is 2.59 bits per heavy atom. The van der Waals surface area contributed by atoms with E-state index in [0.29, 0.717) is 52.9 Å². The van der Waals surface area contributed by atoms with Gasteiger partial charge in [-0.2, -0.15) is 5.10 Å². The molecule has 0 unspecified atom stereocenters. The first-order valence-corrected chi connectivity index (χ1v) is 17.0. The quantitative estimate of drug-likeness (QED) is 0.106. The van der Waals surface area contributed by atoms with Crippen molar-refractivity contribution in [1.82, 2.24) is 4.90 Å². The number of nitrogens with two attached hydrogens (primary N) is 1. The maximum atomic E-state index is 13.6. The topological polar surface area (TPSA) is 157 Å². The van der Waals surface area contributed by atoms with Gasteiger partial charge in [-0.15, -0.1) is 5.10 Å². The van der Waals surface area contributed by atoms with Gasteiger partial charge in [0.1, 0.15) is 11.5 Å². The molecule has 4 aromatic rings. The van der Waals surface area contributed by atoms with Gasteiger partial charge in [-0.05, 0) is 78.5 Å². The highest BCUT2D eigenvalue weighted by Crippen LogP contribution is 2.36. The fourth-order valence-electron chi connectivity index (χ4n) is 4.01. The summed E-state index contributed by atoms with van der Waals surface area (Å²) in [7, 11) is -3.86. The number of carbonyl (C=O) groups excluding carboxylic acids is 2. The van der Waals surface area contributed by atoms with Crippen molar-refractivity contribution in [2.75, 3.05) is 11.9 Å². The molecule has 236 valence electrons. The SMILES string of the molecule is NS(=O)(=O)c1ccc(NC(=O)COc2ccc(Br)cc2/C=C2\S/C(=N\N=C\c3cccc(Cl)c3Cl)N(Cc3ccco3)C2=O)cc1. The summed E-state index contributed by atoms with van der Waals surface area (Å²) in [6.07, 6.45) is 4.59. The molecular weight excluding hydrogens is 741 g/mol. The second kappa shape index (κ2) is 14.7. The number of rotatable bonds is 10. The lowest BCUT2D eigenvalue weighted by molar-refractivity contribution is -0.122. The first kappa shape index (κ1) is 33.4. The number of nitrogens with one attached hydrogen (secondary N) is 1. The summed E-state index contributed by atoms with van der Waals surface area (Å²) in [6.45, 7) is -0.253. The van der Waals surface area contributed by atoms with Gasteiger partial charge in [0.2, 0.25) is 10.0 Å². The predicted molar refractivity (Wildman–Crippen MR) is 182 cm³/mol. The van der Waals surface area contributed by atoms with Crippen LogP contribution in [-0.2, 0) is 26.2 Å². The minimum Gasteiger partial charge on any atom is -0.483 e. The summed E-state index contributed by atoms with van der Waals surface area (Å²) in [4.78, 5) is 27.9. The number of nitrogens with zero attached hydrogens (tertiary/aromatic N) is 3.